The number of ether oxygens (including phenoxy) is 1. The van der Waals surface area contributed by atoms with E-state index in [1.165, 1.54) is 11.4 Å². The smallest absolute Gasteiger partial charge is 0.243 e. The van der Waals surface area contributed by atoms with Gasteiger partial charge in [-0.15, -0.1) is 0 Å². The van der Waals surface area contributed by atoms with Gasteiger partial charge in [-0.05, 0) is 37.6 Å². The van der Waals surface area contributed by atoms with Crippen LogP contribution in [0.4, 0.5) is 5.69 Å². The molecule has 2 saturated heterocycles. The van der Waals surface area contributed by atoms with Crippen molar-refractivity contribution >= 4 is 21.6 Å². The van der Waals surface area contributed by atoms with Gasteiger partial charge >= 0.3 is 0 Å². The summed E-state index contributed by atoms with van der Waals surface area (Å²) in [4.78, 5) is 14.7. The van der Waals surface area contributed by atoms with Gasteiger partial charge in [0.1, 0.15) is 5.75 Å². The number of sulfonamides is 1. The van der Waals surface area contributed by atoms with Gasteiger partial charge in [-0.2, -0.15) is 4.31 Å². The molecule has 0 unspecified atom stereocenters. The molecule has 2 aromatic rings. The molecule has 0 N–H and O–H groups in total. The number of aryl methyl sites for hydroxylation is 1. The number of hydrogen-bond donors (Lipinski definition) is 0. The fraction of sp³-hybridized carbons (Fsp3) is 0.381. The van der Waals surface area contributed by atoms with Gasteiger partial charge in [0, 0.05) is 43.2 Å². The first-order chi connectivity index (χ1) is 13.3. The van der Waals surface area contributed by atoms with Crippen LogP contribution >= 0.6 is 0 Å². The topological polar surface area (TPSA) is 66.9 Å². The van der Waals surface area contributed by atoms with Crippen LogP contribution in [0.5, 0.6) is 5.75 Å². The van der Waals surface area contributed by atoms with Crippen molar-refractivity contribution in [2.45, 2.75) is 24.7 Å². The molecule has 2 aromatic carbocycles. The zero-order chi connectivity index (χ0) is 19.9. The second kappa shape index (κ2) is 6.90. The largest absolute Gasteiger partial charge is 0.497 e. The minimum absolute atomic E-state index is 0.0597. The highest BCUT2D eigenvalue weighted by Gasteiger charge is 2.50. The van der Waals surface area contributed by atoms with E-state index in [-0.39, 0.29) is 16.2 Å². The highest BCUT2D eigenvalue weighted by atomic mass is 32.2. The maximum atomic E-state index is 13.1. The van der Waals surface area contributed by atoms with Crippen molar-refractivity contribution in [3.8, 4) is 5.75 Å². The average Bonchev–Trinajstić information content (AvgIpc) is 3.26. The van der Waals surface area contributed by atoms with Crippen molar-refractivity contribution in [2.75, 3.05) is 31.6 Å². The molecule has 148 valence electrons. The molecule has 1 spiro atoms. The third kappa shape index (κ3) is 3.29. The van der Waals surface area contributed by atoms with Crippen LogP contribution < -0.4 is 9.64 Å². The third-order valence-corrected chi connectivity index (χ3v) is 7.59. The fourth-order valence-electron chi connectivity index (χ4n) is 4.14. The van der Waals surface area contributed by atoms with Gasteiger partial charge < -0.3 is 9.64 Å². The van der Waals surface area contributed by atoms with E-state index in [1.54, 1.807) is 29.2 Å². The summed E-state index contributed by atoms with van der Waals surface area (Å²) in [5.41, 5.74) is 1.69. The van der Waals surface area contributed by atoms with E-state index >= 15 is 0 Å². The van der Waals surface area contributed by atoms with Crippen molar-refractivity contribution in [3.63, 3.8) is 0 Å². The molecule has 0 bridgehead atoms. The lowest BCUT2D eigenvalue weighted by Crippen LogP contribution is -2.34. The molecule has 0 aromatic heterocycles. The molecule has 2 aliphatic heterocycles. The summed E-state index contributed by atoms with van der Waals surface area (Å²) in [6.45, 7) is 3.35. The van der Waals surface area contributed by atoms with E-state index in [0.717, 1.165) is 11.3 Å². The lowest BCUT2D eigenvalue weighted by Gasteiger charge is -2.24. The lowest BCUT2D eigenvalue weighted by molar-refractivity contribution is -0.117. The van der Waals surface area contributed by atoms with Gasteiger partial charge in [0.05, 0.1) is 12.0 Å². The van der Waals surface area contributed by atoms with E-state index in [4.69, 9.17) is 4.74 Å². The average molecular weight is 401 g/mol. The summed E-state index contributed by atoms with van der Waals surface area (Å²) < 4.78 is 32.8. The Morgan fingerprint density at radius 2 is 1.82 bits per heavy atom. The number of anilines is 1. The van der Waals surface area contributed by atoms with Crippen LogP contribution in [0.1, 0.15) is 18.4 Å². The first-order valence-corrected chi connectivity index (χ1v) is 10.8. The van der Waals surface area contributed by atoms with E-state index in [2.05, 4.69) is 0 Å². The molecule has 2 heterocycles. The standard InChI is InChI=1S/C21H24N2O4S/c1-16-6-8-17(9-7-16)23-15-21(13-20(23)24)10-11-22(14-21)28(25,26)19-5-3-4-18(12-19)27-2/h3-9,12H,10-11,13-15H2,1-2H3/t21-/m0/s1. The Kier molecular flexibility index (Phi) is 4.67. The molecule has 0 saturated carbocycles. The summed E-state index contributed by atoms with van der Waals surface area (Å²) in [6.07, 6.45) is 1.06. The number of amides is 1. The summed E-state index contributed by atoms with van der Waals surface area (Å²) in [6, 6.07) is 14.4. The molecule has 4 rings (SSSR count). The molecule has 0 aliphatic carbocycles. The molecule has 28 heavy (non-hydrogen) atoms. The molecule has 1 amide bonds. The van der Waals surface area contributed by atoms with E-state index < -0.39 is 10.0 Å². The predicted molar refractivity (Wildman–Crippen MR) is 107 cm³/mol. The predicted octanol–water partition coefficient (Wildman–Crippen LogP) is 2.82. The number of nitrogens with zero attached hydrogens (tertiary/aromatic N) is 2. The second-order valence-electron chi connectivity index (χ2n) is 7.76. The van der Waals surface area contributed by atoms with Crippen LogP contribution in [-0.2, 0) is 14.8 Å². The van der Waals surface area contributed by atoms with Crippen LogP contribution in [-0.4, -0.2) is 45.4 Å². The second-order valence-corrected chi connectivity index (χ2v) is 9.70. The molecule has 2 fully saturated rings. The quantitative estimate of drug-likeness (QED) is 0.792. The van der Waals surface area contributed by atoms with Crippen molar-refractivity contribution < 1.29 is 17.9 Å². The number of carbonyl (C=O) groups excluding carboxylic acids is 1. The summed E-state index contributed by atoms with van der Waals surface area (Å²) in [7, 11) is -2.10. The number of rotatable bonds is 4. The summed E-state index contributed by atoms with van der Waals surface area (Å²) in [5, 5.41) is 0. The van der Waals surface area contributed by atoms with Gasteiger partial charge in [-0.3, -0.25) is 4.79 Å². The lowest BCUT2D eigenvalue weighted by atomic mass is 9.86. The molecule has 6 nitrogen and oxygen atoms in total. The maximum Gasteiger partial charge on any atom is 0.243 e. The Morgan fingerprint density at radius 1 is 1.07 bits per heavy atom. The number of hydrogen-bond acceptors (Lipinski definition) is 4. The minimum Gasteiger partial charge on any atom is -0.497 e. The number of benzene rings is 2. The molecular weight excluding hydrogens is 376 g/mol. The zero-order valence-electron chi connectivity index (χ0n) is 16.1. The van der Waals surface area contributed by atoms with Crippen molar-refractivity contribution in [1.82, 2.24) is 4.31 Å². The summed E-state index contributed by atoms with van der Waals surface area (Å²) in [5.74, 6) is 0.570. The van der Waals surface area contributed by atoms with Gasteiger partial charge in [0.15, 0.2) is 0 Å². The first-order valence-electron chi connectivity index (χ1n) is 9.34. The highest BCUT2D eigenvalue weighted by molar-refractivity contribution is 7.89. The van der Waals surface area contributed by atoms with Crippen LogP contribution in [0.2, 0.25) is 0 Å². The number of methoxy groups -OCH3 is 1. The maximum absolute atomic E-state index is 13.1. The number of carbonyl (C=O) groups is 1. The highest BCUT2D eigenvalue weighted by Crippen LogP contribution is 2.43. The Bertz CT molecular complexity index is 1000. The zero-order valence-corrected chi connectivity index (χ0v) is 16.9. The molecule has 7 heteroatoms. The van der Waals surface area contributed by atoms with Crippen molar-refractivity contribution in [1.29, 1.82) is 0 Å². The van der Waals surface area contributed by atoms with Crippen molar-refractivity contribution in [2.24, 2.45) is 5.41 Å². The van der Waals surface area contributed by atoms with Crippen LogP contribution in [0.3, 0.4) is 0 Å². The van der Waals surface area contributed by atoms with E-state index in [1.807, 2.05) is 31.2 Å². The monoisotopic (exact) mass is 400 g/mol. The van der Waals surface area contributed by atoms with Crippen LogP contribution in [0.15, 0.2) is 53.4 Å². The third-order valence-electron chi connectivity index (χ3n) is 5.75. The normalized spacial score (nSPS) is 22.9. The Hall–Kier alpha value is -2.38. The summed E-state index contributed by atoms with van der Waals surface area (Å²) >= 11 is 0. The van der Waals surface area contributed by atoms with Gasteiger partial charge in [-0.1, -0.05) is 23.8 Å². The van der Waals surface area contributed by atoms with Crippen LogP contribution in [0.25, 0.3) is 0 Å². The Morgan fingerprint density at radius 3 is 2.54 bits per heavy atom. The SMILES string of the molecule is COc1cccc(S(=O)(=O)N2CC[C@]3(CC(=O)N(c4ccc(C)cc4)C3)C2)c1. The van der Waals surface area contributed by atoms with Crippen molar-refractivity contribution in [3.05, 3.63) is 54.1 Å². The molecule has 2 aliphatic rings. The van der Waals surface area contributed by atoms with E-state index in [0.29, 0.717) is 38.2 Å². The minimum atomic E-state index is -3.62. The molecule has 1 atom stereocenters. The molecule has 0 radical (unpaired) electrons. The van der Waals surface area contributed by atoms with Gasteiger partial charge in [-0.25, -0.2) is 8.42 Å². The van der Waals surface area contributed by atoms with Crippen LogP contribution in [0, 0.1) is 12.3 Å². The van der Waals surface area contributed by atoms with Gasteiger partial charge in [0.2, 0.25) is 15.9 Å². The van der Waals surface area contributed by atoms with E-state index in [9.17, 15) is 13.2 Å². The van der Waals surface area contributed by atoms with Gasteiger partial charge in [0.25, 0.3) is 0 Å². The Balaban J connectivity index is 1.55. The molecular formula is C21H24N2O4S. The first kappa shape index (κ1) is 19.0. The Labute approximate surface area is 165 Å². The fourth-order valence-corrected chi connectivity index (χ4v) is 5.73.